The number of ether oxygens (including phenoxy) is 1. The first-order chi connectivity index (χ1) is 13.6. The maximum atomic E-state index is 12.3. The van der Waals surface area contributed by atoms with Gasteiger partial charge in [0.25, 0.3) is 0 Å². The number of halogens is 1. The van der Waals surface area contributed by atoms with E-state index in [4.69, 9.17) is 16.3 Å². The van der Waals surface area contributed by atoms with Crippen LogP contribution in [-0.2, 0) is 11.2 Å². The van der Waals surface area contributed by atoms with Gasteiger partial charge in [0.05, 0.1) is 24.2 Å². The number of fused-ring (bicyclic) bond motifs is 1. The van der Waals surface area contributed by atoms with Crippen molar-refractivity contribution in [1.29, 1.82) is 0 Å². The number of nitrogens with one attached hydrogen (secondary N) is 1. The maximum Gasteiger partial charge on any atom is 0.228 e. The fourth-order valence-electron chi connectivity index (χ4n) is 2.87. The number of nitrogens with zero attached hydrogens (tertiary/aromatic N) is 3. The first kappa shape index (κ1) is 18.0. The number of hydrogen-bond acceptors (Lipinski definition) is 4. The van der Waals surface area contributed by atoms with Gasteiger partial charge in [-0.2, -0.15) is 4.80 Å². The third-order valence-corrected chi connectivity index (χ3v) is 4.53. The van der Waals surface area contributed by atoms with Crippen LogP contribution in [0.1, 0.15) is 5.56 Å². The van der Waals surface area contributed by atoms with E-state index in [0.29, 0.717) is 33.9 Å². The van der Waals surface area contributed by atoms with Crippen LogP contribution in [0.4, 0.5) is 5.69 Å². The van der Waals surface area contributed by atoms with Gasteiger partial charge >= 0.3 is 0 Å². The summed E-state index contributed by atoms with van der Waals surface area (Å²) in [5.41, 5.74) is 3.74. The summed E-state index contributed by atoms with van der Waals surface area (Å²) in [5.74, 6) is 0.505. The van der Waals surface area contributed by atoms with Crippen molar-refractivity contribution in [1.82, 2.24) is 15.0 Å². The normalized spacial score (nSPS) is 10.8. The van der Waals surface area contributed by atoms with Crippen LogP contribution < -0.4 is 10.1 Å². The number of carbonyl (C=O) groups excluding carboxylic acids is 1. The second kappa shape index (κ2) is 7.70. The highest BCUT2D eigenvalue weighted by Gasteiger charge is 2.10. The first-order valence-electron chi connectivity index (χ1n) is 8.67. The molecule has 0 aliphatic carbocycles. The van der Waals surface area contributed by atoms with Crippen molar-refractivity contribution >= 4 is 34.2 Å². The molecule has 3 aromatic carbocycles. The zero-order valence-corrected chi connectivity index (χ0v) is 15.8. The lowest BCUT2D eigenvalue weighted by atomic mass is 10.1. The molecule has 0 saturated heterocycles. The molecular formula is C21H17ClN4O2. The Kier molecular flexibility index (Phi) is 4.95. The Hall–Kier alpha value is -3.38. The van der Waals surface area contributed by atoms with Gasteiger partial charge < -0.3 is 10.1 Å². The second-order valence-electron chi connectivity index (χ2n) is 6.22. The number of anilines is 1. The number of benzene rings is 3. The molecule has 0 spiro atoms. The first-order valence-corrected chi connectivity index (χ1v) is 9.05. The van der Waals surface area contributed by atoms with Crippen LogP contribution >= 0.6 is 11.6 Å². The summed E-state index contributed by atoms with van der Waals surface area (Å²) >= 11 is 6.19. The average Bonchev–Trinajstić information content (AvgIpc) is 3.12. The van der Waals surface area contributed by atoms with Gasteiger partial charge in [-0.15, -0.1) is 10.2 Å². The molecule has 7 heteroatoms. The minimum atomic E-state index is -0.0834. The summed E-state index contributed by atoms with van der Waals surface area (Å²) in [6, 6.07) is 20.4. The minimum Gasteiger partial charge on any atom is -0.495 e. The number of rotatable bonds is 5. The molecular weight excluding hydrogens is 376 g/mol. The molecule has 1 N–H and O–H groups in total. The van der Waals surface area contributed by atoms with Gasteiger partial charge in [0.2, 0.25) is 5.91 Å². The Bertz CT molecular complexity index is 1140. The van der Waals surface area contributed by atoms with Crippen LogP contribution in [0, 0.1) is 0 Å². The monoisotopic (exact) mass is 392 g/mol. The van der Waals surface area contributed by atoms with Crippen LogP contribution in [0.2, 0.25) is 5.02 Å². The standard InChI is InChI=1S/C21H17ClN4O2/c1-28-20-10-8-16(13-17(20)22)26-24-18-9-7-15(12-19(18)25-26)23-21(27)11-14-5-3-2-4-6-14/h2-10,12-13H,11H2,1H3,(H,23,27). The zero-order valence-electron chi connectivity index (χ0n) is 15.1. The maximum absolute atomic E-state index is 12.3. The Morgan fingerprint density at radius 3 is 2.57 bits per heavy atom. The van der Waals surface area contributed by atoms with E-state index in [1.165, 1.54) is 4.80 Å². The lowest BCUT2D eigenvalue weighted by molar-refractivity contribution is -0.115. The van der Waals surface area contributed by atoms with Gasteiger partial charge in [-0.1, -0.05) is 41.9 Å². The van der Waals surface area contributed by atoms with Crippen molar-refractivity contribution in [2.45, 2.75) is 6.42 Å². The molecule has 4 aromatic rings. The zero-order chi connectivity index (χ0) is 19.5. The average molecular weight is 393 g/mol. The molecule has 28 heavy (non-hydrogen) atoms. The predicted molar refractivity (Wildman–Crippen MR) is 109 cm³/mol. The number of carbonyl (C=O) groups is 1. The van der Waals surface area contributed by atoms with E-state index in [1.807, 2.05) is 48.5 Å². The Labute approximate surface area is 166 Å². The third kappa shape index (κ3) is 3.82. The quantitative estimate of drug-likeness (QED) is 0.551. The summed E-state index contributed by atoms with van der Waals surface area (Å²) in [5, 5.41) is 12.3. The molecule has 0 aliphatic rings. The van der Waals surface area contributed by atoms with E-state index in [2.05, 4.69) is 15.5 Å². The SMILES string of the molecule is COc1ccc(-n2nc3ccc(NC(=O)Cc4ccccc4)cc3n2)cc1Cl. The van der Waals surface area contributed by atoms with E-state index in [-0.39, 0.29) is 5.91 Å². The van der Waals surface area contributed by atoms with E-state index < -0.39 is 0 Å². The van der Waals surface area contributed by atoms with Gasteiger partial charge in [0.15, 0.2) is 0 Å². The number of amides is 1. The van der Waals surface area contributed by atoms with Crippen LogP contribution in [0.3, 0.4) is 0 Å². The molecule has 0 unspecified atom stereocenters. The molecule has 6 nitrogen and oxygen atoms in total. The molecule has 1 heterocycles. The molecule has 0 radical (unpaired) electrons. The number of aromatic nitrogens is 3. The number of hydrogen-bond donors (Lipinski definition) is 1. The fourth-order valence-corrected chi connectivity index (χ4v) is 3.13. The van der Waals surface area contributed by atoms with Crippen LogP contribution in [0.5, 0.6) is 5.75 Å². The van der Waals surface area contributed by atoms with E-state index >= 15 is 0 Å². The van der Waals surface area contributed by atoms with Crippen LogP contribution in [0.25, 0.3) is 16.7 Å². The van der Waals surface area contributed by atoms with Gasteiger partial charge in [0, 0.05) is 5.69 Å². The molecule has 0 aliphatic heterocycles. The van der Waals surface area contributed by atoms with E-state index in [0.717, 1.165) is 11.3 Å². The van der Waals surface area contributed by atoms with E-state index in [9.17, 15) is 4.79 Å². The lowest BCUT2D eigenvalue weighted by Gasteiger charge is -2.05. The summed E-state index contributed by atoms with van der Waals surface area (Å²) in [7, 11) is 1.56. The minimum absolute atomic E-state index is 0.0834. The molecule has 4 rings (SSSR count). The Balaban J connectivity index is 1.55. The molecule has 0 bridgehead atoms. The van der Waals surface area contributed by atoms with Crippen molar-refractivity contribution in [3.63, 3.8) is 0 Å². The van der Waals surface area contributed by atoms with Crippen LogP contribution in [-0.4, -0.2) is 28.0 Å². The highest BCUT2D eigenvalue weighted by Crippen LogP contribution is 2.26. The molecule has 0 atom stereocenters. The molecule has 0 saturated carbocycles. The Morgan fingerprint density at radius 2 is 1.82 bits per heavy atom. The lowest BCUT2D eigenvalue weighted by Crippen LogP contribution is -2.14. The molecule has 0 fully saturated rings. The van der Waals surface area contributed by atoms with Crippen molar-refractivity contribution in [2.75, 3.05) is 12.4 Å². The summed E-state index contributed by atoms with van der Waals surface area (Å²) in [4.78, 5) is 13.8. The number of methoxy groups -OCH3 is 1. The highest BCUT2D eigenvalue weighted by molar-refractivity contribution is 6.32. The van der Waals surface area contributed by atoms with Crippen molar-refractivity contribution in [3.05, 3.63) is 77.3 Å². The molecule has 1 aromatic heterocycles. The highest BCUT2D eigenvalue weighted by atomic mass is 35.5. The van der Waals surface area contributed by atoms with Crippen molar-refractivity contribution in [3.8, 4) is 11.4 Å². The van der Waals surface area contributed by atoms with E-state index in [1.54, 1.807) is 25.3 Å². The predicted octanol–water partition coefficient (Wildman–Crippen LogP) is 4.26. The van der Waals surface area contributed by atoms with Crippen molar-refractivity contribution in [2.24, 2.45) is 0 Å². The van der Waals surface area contributed by atoms with Gasteiger partial charge in [0.1, 0.15) is 16.8 Å². The third-order valence-electron chi connectivity index (χ3n) is 4.24. The second-order valence-corrected chi connectivity index (χ2v) is 6.63. The van der Waals surface area contributed by atoms with Gasteiger partial charge in [-0.05, 0) is 42.0 Å². The molecule has 140 valence electrons. The van der Waals surface area contributed by atoms with Gasteiger partial charge in [-0.3, -0.25) is 4.79 Å². The smallest absolute Gasteiger partial charge is 0.228 e. The van der Waals surface area contributed by atoms with Crippen LogP contribution in [0.15, 0.2) is 66.7 Å². The summed E-state index contributed by atoms with van der Waals surface area (Å²) in [6.45, 7) is 0. The van der Waals surface area contributed by atoms with Gasteiger partial charge in [-0.25, -0.2) is 0 Å². The summed E-state index contributed by atoms with van der Waals surface area (Å²) < 4.78 is 5.17. The largest absolute Gasteiger partial charge is 0.495 e. The fraction of sp³-hybridized carbons (Fsp3) is 0.0952. The molecule has 1 amide bonds. The summed E-state index contributed by atoms with van der Waals surface area (Å²) in [6.07, 6.45) is 0.315. The topological polar surface area (TPSA) is 69.0 Å². The van der Waals surface area contributed by atoms with Crippen molar-refractivity contribution < 1.29 is 9.53 Å². The Morgan fingerprint density at radius 1 is 1.04 bits per heavy atom.